The maximum atomic E-state index is 11.6. The van der Waals surface area contributed by atoms with E-state index in [1.54, 1.807) is 0 Å². The summed E-state index contributed by atoms with van der Waals surface area (Å²) in [7, 11) is 1.28. The van der Waals surface area contributed by atoms with Crippen LogP contribution in [0.2, 0.25) is 0 Å². The van der Waals surface area contributed by atoms with E-state index >= 15 is 0 Å². The lowest BCUT2D eigenvalue weighted by atomic mass is 10.2. The fraction of sp³-hybridized carbons (Fsp3) is 0.455. The van der Waals surface area contributed by atoms with Crippen molar-refractivity contribution in [3.63, 3.8) is 0 Å². The summed E-state index contributed by atoms with van der Waals surface area (Å²) in [5.74, 6) is -0.371. The SMILES string of the molecule is COC(=O)CCCn1cc([N+](=O)[O-])c(C)cc1=O. The second-order valence-electron chi connectivity index (χ2n) is 3.81. The molecule has 0 amide bonds. The number of aryl methyl sites for hydroxylation is 2. The van der Waals surface area contributed by atoms with Gasteiger partial charge in [-0.2, -0.15) is 0 Å². The molecule has 0 saturated heterocycles. The van der Waals surface area contributed by atoms with Gasteiger partial charge in [0.1, 0.15) is 0 Å². The number of hydrogen-bond donors (Lipinski definition) is 0. The largest absolute Gasteiger partial charge is 0.469 e. The Bertz CT molecular complexity index is 521. The van der Waals surface area contributed by atoms with Crippen molar-refractivity contribution in [2.75, 3.05) is 7.11 Å². The minimum absolute atomic E-state index is 0.104. The summed E-state index contributed by atoms with van der Waals surface area (Å²) in [6, 6.07) is 1.22. The monoisotopic (exact) mass is 254 g/mol. The maximum absolute atomic E-state index is 11.6. The third kappa shape index (κ3) is 3.41. The van der Waals surface area contributed by atoms with Crippen LogP contribution in [0.1, 0.15) is 18.4 Å². The molecule has 0 N–H and O–H groups in total. The molecule has 1 aromatic rings. The molecule has 0 atom stereocenters. The molecular formula is C11H14N2O5. The lowest BCUT2D eigenvalue weighted by Crippen LogP contribution is -2.20. The number of hydrogen-bond acceptors (Lipinski definition) is 5. The van der Waals surface area contributed by atoms with Crippen molar-refractivity contribution < 1.29 is 14.5 Å². The van der Waals surface area contributed by atoms with Gasteiger partial charge in [0.25, 0.3) is 11.2 Å². The van der Waals surface area contributed by atoms with Gasteiger partial charge in [0.05, 0.1) is 18.2 Å². The van der Waals surface area contributed by atoms with Crippen LogP contribution in [0, 0.1) is 17.0 Å². The standard InChI is InChI=1S/C11H14N2O5/c1-8-6-10(14)12(7-9(8)13(16)17)5-3-4-11(15)18-2/h6-7H,3-5H2,1-2H3. The molecule has 0 aliphatic heterocycles. The van der Waals surface area contributed by atoms with E-state index in [2.05, 4.69) is 4.74 Å². The molecule has 0 spiro atoms. The predicted molar refractivity (Wildman–Crippen MR) is 63.3 cm³/mol. The molecule has 0 unspecified atom stereocenters. The topological polar surface area (TPSA) is 91.4 Å². The Morgan fingerprint density at radius 2 is 2.22 bits per heavy atom. The van der Waals surface area contributed by atoms with Crippen LogP contribution in [-0.4, -0.2) is 22.6 Å². The van der Waals surface area contributed by atoms with Crippen LogP contribution < -0.4 is 5.56 Å². The third-order valence-electron chi connectivity index (χ3n) is 2.51. The molecule has 18 heavy (non-hydrogen) atoms. The van der Waals surface area contributed by atoms with E-state index in [0.29, 0.717) is 12.0 Å². The van der Waals surface area contributed by atoms with Crippen LogP contribution in [0.4, 0.5) is 5.69 Å². The number of carbonyl (C=O) groups excluding carboxylic acids is 1. The van der Waals surface area contributed by atoms with Gasteiger partial charge in [-0.3, -0.25) is 19.7 Å². The van der Waals surface area contributed by atoms with E-state index in [0.717, 1.165) is 0 Å². The van der Waals surface area contributed by atoms with E-state index in [-0.39, 0.29) is 30.2 Å². The van der Waals surface area contributed by atoms with Crippen LogP contribution >= 0.6 is 0 Å². The Balaban J connectivity index is 2.83. The zero-order valence-corrected chi connectivity index (χ0v) is 10.2. The quantitative estimate of drug-likeness (QED) is 0.444. The maximum Gasteiger partial charge on any atom is 0.305 e. The van der Waals surface area contributed by atoms with Gasteiger partial charge in [-0.1, -0.05) is 0 Å². The van der Waals surface area contributed by atoms with Crippen molar-refractivity contribution in [3.05, 3.63) is 38.3 Å². The summed E-state index contributed by atoms with van der Waals surface area (Å²) >= 11 is 0. The second kappa shape index (κ2) is 5.95. The Labute approximate surface area is 103 Å². The number of nitro groups is 1. The smallest absolute Gasteiger partial charge is 0.305 e. The Morgan fingerprint density at radius 1 is 1.56 bits per heavy atom. The summed E-state index contributed by atoms with van der Waals surface area (Å²) in [6.45, 7) is 1.76. The molecule has 0 aliphatic carbocycles. The van der Waals surface area contributed by atoms with Gasteiger partial charge >= 0.3 is 5.97 Å². The molecule has 0 fully saturated rings. The number of esters is 1. The van der Waals surface area contributed by atoms with Crippen molar-refractivity contribution >= 4 is 11.7 Å². The summed E-state index contributed by atoms with van der Waals surface area (Å²) in [6.07, 6.45) is 1.77. The zero-order chi connectivity index (χ0) is 13.7. The summed E-state index contributed by atoms with van der Waals surface area (Å²) in [5, 5.41) is 10.7. The first-order valence-corrected chi connectivity index (χ1v) is 5.38. The normalized spacial score (nSPS) is 10.1. The molecule has 0 aliphatic rings. The van der Waals surface area contributed by atoms with Gasteiger partial charge in [-0.15, -0.1) is 0 Å². The summed E-state index contributed by atoms with van der Waals surface area (Å²) in [5.41, 5.74) is -0.0927. The highest BCUT2D eigenvalue weighted by Crippen LogP contribution is 2.14. The minimum Gasteiger partial charge on any atom is -0.469 e. The average molecular weight is 254 g/mol. The van der Waals surface area contributed by atoms with Crippen molar-refractivity contribution in [2.24, 2.45) is 0 Å². The molecule has 0 aromatic carbocycles. The van der Waals surface area contributed by atoms with Gasteiger partial charge in [-0.05, 0) is 13.3 Å². The zero-order valence-electron chi connectivity index (χ0n) is 10.2. The third-order valence-corrected chi connectivity index (χ3v) is 2.51. The fourth-order valence-corrected chi connectivity index (χ4v) is 1.52. The van der Waals surface area contributed by atoms with E-state index in [9.17, 15) is 19.7 Å². The highest BCUT2D eigenvalue weighted by Gasteiger charge is 2.13. The molecule has 7 nitrogen and oxygen atoms in total. The molecule has 7 heteroatoms. The molecule has 1 aromatic heterocycles. The lowest BCUT2D eigenvalue weighted by Gasteiger charge is -2.06. The van der Waals surface area contributed by atoms with Crippen LogP contribution in [0.15, 0.2) is 17.1 Å². The van der Waals surface area contributed by atoms with Crippen LogP contribution in [0.5, 0.6) is 0 Å². The van der Waals surface area contributed by atoms with Crippen molar-refractivity contribution in [1.82, 2.24) is 4.57 Å². The number of ether oxygens (including phenoxy) is 1. The predicted octanol–water partition coefficient (Wildman–Crippen LogP) is 1.02. The Morgan fingerprint density at radius 3 is 2.78 bits per heavy atom. The van der Waals surface area contributed by atoms with Gasteiger partial charge in [0.15, 0.2) is 0 Å². The number of pyridine rings is 1. The number of rotatable bonds is 5. The molecule has 0 bridgehead atoms. The first-order chi connectivity index (χ1) is 8.45. The molecular weight excluding hydrogens is 240 g/mol. The first kappa shape index (κ1) is 13.9. The highest BCUT2D eigenvalue weighted by atomic mass is 16.6. The summed E-state index contributed by atoms with van der Waals surface area (Å²) < 4.78 is 5.70. The van der Waals surface area contributed by atoms with Crippen molar-refractivity contribution in [3.8, 4) is 0 Å². The molecule has 0 saturated carbocycles. The van der Waals surface area contributed by atoms with E-state index in [1.165, 1.54) is 30.9 Å². The second-order valence-corrected chi connectivity index (χ2v) is 3.81. The van der Waals surface area contributed by atoms with Crippen LogP contribution in [0.25, 0.3) is 0 Å². The number of methoxy groups -OCH3 is 1. The van der Waals surface area contributed by atoms with Crippen molar-refractivity contribution in [2.45, 2.75) is 26.3 Å². The number of carbonyl (C=O) groups is 1. The Kier molecular flexibility index (Phi) is 4.59. The average Bonchev–Trinajstić information content (AvgIpc) is 2.31. The minimum atomic E-state index is -0.536. The molecule has 1 rings (SSSR count). The first-order valence-electron chi connectivity index (χ1n) is 5.38. The fourth-order valence-electron chi connectivity index (χ4n) is 1.52. The molecule has 1 heterocycles. The van der Waals surface area contributed by atoms with E-state index in [1.807, 2.05) is 0 Å². The highest BCUT2D eigenvalue weighted by molar-refractivity contribution is 5.68. The number of aromatic nitrogens is 1. The Hall–Kier alpha value is -2.18. The van der Waals surface area contributed by atoms with E-state index in [4.69, 9.17) is 0 Å². The van der Waals surface area contributed by atoms with Gasteiger partial charge in [0, 0.05) is 24.6 Å². The van der Waals surface area contributed by atoms with Gasteiger partial charge < -0.3 is 9.30 Å². The van der Waals surface area contributed by atoms with Crippen molar-refractivity contribution in [1.29, 1.82) is 0 Å². The van der Waals surface area contributed by atoms with E-state index < -0.39 is 4.92 Å². The van der Waals surface area contributed by atoms with Gasteiger partial charge in [0.2, 0.25) is 0 Å². The lowest BCUT2D eigenvalue weighted by molar-refractivity contribution is -0.385. The molecule has 0 radical (unpaired) electrons. The number of nitrogens with zero attached hydrogens (tertiary/aromatic N) is 2. The van der Waals surface area contributed by atoms with Crippen LogP contribution in [0.3, 0.4) is 0 Å². The summed E-state index contributed by atoms with van der Waals surface area (Å²) in [4.78, 5) is 32.7. The van der Waals surface area contributed by atoms with Gasteiger partial charge in [-0.25, -0.2) is 0 Å². The van der Waals surface area contributed by atoms with Crippen LogP contribution in [-0.2, 0) is 16.1 Å². The molecule has 98 valence electrons.